The van der Waals surface area contributed by atoms with Crippen LogP contribution in [0.2, 0.25) is 0 Å². The standard InChI is InChI=1S/C13H18N4O3/c1-20-13(19)9-6-11(17-7-10(9)14)15-4-5-16-12(18)8-2-3-8/h6-8H,2-5,14H2,1H3,(H,15,17)(H,16,18). The van der Waals surface area contributed by atoms with Crippen LogP contribution in [-0.2, 0) is 9.53 Å². The number of carbonyl (C=O) groups excluding carboxylic acids is 2. The van der Waals surface area contributed by atoms with Gasteiger partial charge in [-0.15, -0.1) is 0 Å². The van der Waals surface area contributed by atoms with Gasteiger partial charge in [0, 0.05) is 19.0 Å². The number of ether oxygens (including phenoxy) is 1. The van der Waals surface area contributed by atoms with Crippen LogP contribution in [-0.4, -0.2) is 37.1 Å². The molecule has 1 aliphatic rings. The number of anilines is 2. The highest BCUT2D eigenvalue weighted by molar-refractivity contribution is 5.95. The summed E-state index contributed by atoms with van der Waals surface area (Å²) in [5.74, 6) is 0.318. The number of nitrogens with zero attached hydrogens (tertiary/aromatic N) is 1. The minimum Gasteiger partial charge on any atom is -0.465 e. The normalized spacial score (nSPS) is 13.7. The minimum absolute atomic E-state index is 0.104. The molecule has 0 spiro atoms. The fourth-order valence-electron chi connectivity index (χ4n) is 1.72. The van der Waals surface area contributed by atoms with Crippen molar-refractivity contribution in [3.63, 3.8) is 0 Å². The van der Waals surface area contributed by atoms with E-state index in [4.69, 9.17) is 5.73 Å². The summed E-state index contributed by atoms with van der Waals surface area (Å²) in [6.07, 6.45) is 3.37. The number of pyridine rings is 1. The number of esters is 1. The number of nitrogens with two attached hydrogens (primary N) is 1. The van der Waals surface area contributed by atoms with E-state index in [2.05, 4.69) is 20.4 Å². The number of nitrogens with one attached hydrogen (secondary N) is 2. The fraction of sp³-hybridized carbons (Fsp3) is 0.462. The zero-order valence-electron chi connectivity index (χ0n) is 11.3. The Morgan fingerprint density at radius 2 is 2.20 bits per heavy atom. The van der Waals surface area contributed by atoms with Crippen molar-refractivity contribution in [3.05, 3.63) is 17.8 Å². The molecule has 7 heteroatoms. The van der Waals surface area contributed by atoms with Crippen molar-refractivity contribution < 1.29 is 14.3 Å². The maximum atomic E-state index is 11.5. The Hall–Kier alpha value is -2.31. The van der Waals surface area contributed by atoms with Crippen LogP contribution in [0.15, 0.2) is 12.3 Å². The summed E-state index contributed by atoms with van der Waals surface area (Å²) in [4.78, 5) is 26.9. The van der Waals surface area contributed by atoms with Gasteiger partial charge in [0.05, 0.1) is 24.6 Å². The molecule has 7 nitrogen and oxygen atoms in total. The zero-order chi connectivity index (χ0) is 14.5. The molecule has 1 amide bonds. The van der Waals surface area contributed by atoms with Gasteiger partial charge in [-0.05, 0) is 18.9 Å². The van der Waals surface area contributed by atoms with Gasteiger partial charge in [-0.1, -0.05) is 0 Å². The van der Waals surface area contributed by atoms with Gasteiger partial charge in [-0.25, -0.2) is 9.78 Å². The highest BCUT2D eigenvalue weighted by atomic mass is 16.5. The molecular weight excluding hydrogens is 260 g/mol. The summed E-state index contributed by atoms with van der Waals surface area (Å²) in [5.41, 5.74) is 6.19. The molecular formula is C13H18N4O3. The lowest BCUT2D eigenvalue weighted by atomic mass is 10.2. The number of hydrogen-bond acceptors (Lipinski definition) is 6. The molecule has 0 atom stereocenters. The van der Waals surface area contributed by atoms with Crippen LogP contribution in [0.4, 0.5) is 11.5 Å². The molecule has 1 heterocycles. The third-order valence-electron chi connectivity index (χ3n) is 3.02. The van der Waals surface area contributed by atoms with Gasteiger partial charge in [-0.2, -0.15) is 0 Å². The quantitative estimate of drug-likeness (QED) is 0.513. The van der Waals surface area contributed by atoms with E-state index in [-0.39, 0.29) is 23.1 Å². The van der Waals surface area contributed by atoms with Crippen LogP contribution in [0.25, 0.3) is 0 Å². The molecule has 1 fully saturated rings. The maximum Gasteiger partial charge on any atom is 0.340 e. The summed E-state index contributed by atoms with van der Waals surface area (Å²) >= 11 is 0. The molecule has 0 aromatic carbocycles. The number of nitrogen functional groups attached to an aromatic ring is 1. The van der Waals surface area contributed by atoms with E-state index in [9.17, 15) is 9.59 Å². The Labute approximate surface area is 116 Å². The molecule has 0 radical (unpaired) electrons. The van der Waals surface area contributed by atoms with Crippen LogP contribution in [0.1, 0.15) is 23.2 Å². The van der Waals surface area contributed by atoms with Crippen LogP contribution in [0, 0.1) is 5.92 Å². The van der Waals surface area contributed by atoms with Gasteiger partial charge in [0.2, 0.25) is 5.91 Å². The smallest absolute Gasteiger partial charge is 0.340 e. The van der Waals surface area contributed by atoms with Gasteiger partial charge < -0.3 is 21.1 Å². The summed E-state index contributed by atoms with van der Waals surface area (Å²) in [6.45, 7) is 1.03. The Morgan fingerprint density at radius 3 is 2.85 bits per heavy atom. The molecule has 0 saturated heterocycles. The third-order valence-corrected chi connectivity index (χ3v) is 3.02. The van der Waals surface area contributed by atoms with Crippen molar-refractivity contribution in [2.45, 2.75) is 12.8 Å². The van der Waals surface area contributed by atoms with E-state index >= 15 is 0 Å². The first-order valence-electron chi connectivity index (χ1n) is 6.47. The van der Waals surface area contributed by atoms with Crippen molar-refractivity contribution >= 4 is 23.4 Å². The predicted octanol–water partition coefficient (Wildman–Crippen LogP) is 0.388. The van der Waals surface area contributed by atoms with Crippen molar-refractivity contribution in [2.75, 3.05) is 31.2 Å². The van der Waals surface area contributed by atoms with Gasteiger partial charge in [-0.3, -0.25) is 4.79 Å². The van der Waals surface area contributed by atoms with Crippen molar-refractivity contribution in [2.24, 2.45) is 5.92 Å². The topological polar surface area (TPSA) is 106 Å². The molecule has 20 heavy (non-hydrogen) atoms. The highest BCUT2D eigenvalue weighted by Gasteiger charge is 2.28. The van der Waals surface area contributed by atoms with E-state index in [0.29, 0.717) is 18.9 Å². The van der Waals surface area contributed by atoms with Crippen LogP contribution < -0.4 is 16.4 Å². The predicted molar refractivity (Wildman–Crippen MR) is 74.2 cm³/mol. The second-order valence-electron chi connectivity index (χ2n) is 4.64. The molecule has 0 aliphatic heterocycles. The monoisotopic (exact) mass is 278 g/mol. The van der Waals surface area contributed by atoms with Gasteiger partial charge in [0.25, 0.3) is 0 Å². The van der Waals surface area contributed by atoms with Gasteiger partial charge in [0.15, 0.2) is 0 Å². The van der Waals surface area contributed by atoms with Gasteiger partial charge in [0.1, 0.15) is 5.82 Å². The summed E-state index contributed by atoms with van der Waals surface area (Å²) in [7, 11) is 1.29. The van der Waals surface area contributed by atoms with Gasteiger partial charge >= 0.3 is 5.97 Å². The Morgan fingerprint density at radius 1 is 1.45 bits per heavy atom. The average molecular weight is 278 g/mol. The zero-order valence-corrected chi connectivity index (χ0v) is 11.3. The number of aromatic nitrogens is 1. The number of amides is 1. The first-order valence-corrected chi connectivity index (χ1v) is 6.47. The van der Waals surface area contributed by atoms with E-state index in [1.165, 1.54) is 19.4 Å². The lowest BCUT2D eigenvalue weighted by molar-refractivity contribution is -0.122. The number of carbonyl (C=O) groups is 2. The lowest BCUT2D eigenvalue weighted by Crippen LogP contribution is -2.30. The molecule has 2 rings (SSSR count). The van der Waals surface area contributed by atoms with Crippen LogP contribution >= 0.6 is 0 Å². The first kappa shape index (κ1) is 14.1. The molecule has 1 aromatic heterocycles. The SMILES string of the molecule is COC(=O)c1cc(NCCNC(=O)C2CC2)ncc1N. The van der Waals surface area contributed by atoms with Crippen molar-refractivity contribution in [1.82, 2.24) is 10.3 Å². The largest absolute Gasteiger partial charge is 0.465 e. The van der Waals surface area contributed by atoms with E-state index in [1.54, 1.807) is 0 Å². The molecule has 1 saturated carbocycles. The second-order valence-corrected chi connectivity index (χ2v) is 4.64. The minimum atomic E-state index is -0.505. The molecule has 0 bridgehead atoms. The lowest BCUT2D eigenvalue weighted by Gasteiger charge is -2.09. The number of rotatable bonds is 6. The Balaban J connectivity index is 1.83. The van der Waals surface area contributed by atoms with Crippen LogP contribution in [0.5, 0.6) is 0 Å². The van der Waals surface area contributed by atoms with Crippen molar-refractivity contribution in [3.8, 4) is 0 Å². The highest BCUT2D eigenvalue weighted by Crippen LogP contribution is 2.28. The Kier molecular flexibility index (Phi) is 4.39. The summed E-state index contributed by atoms with van der Waals surface area (Å²) in [5, 5.41) is 5.85. The summed E-state index contributed by atoms with van der Waals surface area (Å²) in [6, 6.07) is 1.53. The van der Waals surface area contributed by atoms with Crippen molar-refractivity contribution in [1.29, 1.82) is 0 Å². The average Bonchev–Trinajstić information content (AvgIpc) is 3.28. The molecule has 108 valence electrons. The Bertz CT molecular complexity index is 514. The maximum absolute atomic E-state index is 11.5. The second kappa shape index (κ2) is 6.23. The number of hydrogen-bond donors (Lipinski definition) is 3. The molecule has 1 aromatic rings. The van der Waals surface area contributed by atoms with Crippen LogP contribution in [0.3, 0.4) is 0 Å². The molecule has 4 N–H and O–H groups in total. The van der Waals surface area contributed by atoms with E-state index in [1.807, 2.05) is 0 Å². The van der Waals surface area contributed by atoms with E-state index in [0.717, 1.165) is 12.8 Å². The first-order chi connectivity index (χ1) is 9.61. The summed E-state index contributed by atoms with van der Waals surface area (Å²) < 4.78 is 4.63. The van der Waals surface area contributed by atoms with E-state index < -0.39 is 5.97 Å². The fourth-order valence-corrected chi connectivity index (χ4v) is 1.72. The molecule has 1 aliphatic carbocycles. The third kappa shape index (κ3) is 3.59. The molecule has 0 unspecified atom stereocenters. The number of methoxy groups -OCH3 is 1.